The van der Waals surface area contributed by atoms with Crippen LogP contribution >= 0.6 is 0 Å². The number of carbonyl (C=O) groups excluding carboxylic acids is 1. The van der Waals surface area contributed by atoms with Gasteiger partial charge in [-0.05, 0) is 18.9 Å². The summed E-state index contributed by atoms with van der Waals surface area (Å²) in [5.74, 6) is -0.529. The molecule has 1 fully saturated rings. The molecule has 0 aromatic heterocycles. The van der Waals surface area contributed by atoms with E-state index in [1.165, 1.54) is 12.1 Å². The summed E-state index contributed by atoms with van der Waals surface area (Å²) in [7, 11) is 0. The highest BCUT2D eigenvalue weighted by atomic mass is 16.6. The summed E-state index contributed by atoms with van der Waals surface area (Å²) in [6, 6.07) is 3.44. The van der Waals surface area contributed by atoms with E-state index in [9.17, 15) is 25.0 Å². The smallest absolute Gasteiger partial charge is 0.280 e. The van der Waals surface area contributed by atoms with E-state index in [-0.39, 0.29) is 22.7 Å². The molecule has 94 valence electrons. The summed E-state index contributed by atoms with van der Waals surface area (Å²) in [5.41, 5.74) is -0.395. The number of ketones is 1. The van der Waals surface area contributed by atoms with Crippen LogP contribution in [0.3, 0.4) is 0 Å². The molecule has 1 aromatic carbocycles. The molecule has 1 aliphatic carbocycles. The van der Waals surface area contributed by atoms with Crippen LogP contribution in [0.25, 0.3) is 0 Å². The SMILES string of the molecule is O=C1CCCC1c1ccc([N+](=O)[O-])cc1[N+](=O)[O-]. The van der Waals surface area contributed by atoms with Gasteiger partial charge in [-0.25, -0.2) is 0 Å². The van der Waals surface area contributed by atoms with Gasteiger partial charge in [-0.1, -0.05) is 0 Å². The third-order valence-corrected chi connectivity index (χ3v) is 3.10. The van der Waals surface area contributed by atoms with Crippen molar-refractivity contribution in [3.05, 3.63) is 44.0 Å². The number of hydrogen-bond acceptors (Lipinski definition) is 5. The number of nitro benzene ring substituents is 2. The quantitative estimate of drug-likeness (QED) is 0.604. The van der Waals surface area contributed by atoms with Crippen molar-refractivity contribution in [1.29, 1.82) is 0 Å². The van der Waals surface area contributed by atoms with Crippen molar-refractivity contribution >= 4 is 17.2 Å². The van der Waals surface area contributed by atoms with E-state index in [0.717, 1.165) is 6.07 Å². The number of nitro groups is 2. The van der Waals surface area contributed by atoms with Gasteiger partial charge in [0.1, 0.15) is 5.78 Å². The second kappa shape index (κ2) is 4.52. The van der Waals surface area contributed by atoms with Gasteiger partial charge in [0, 0.05) is 24.0 Å². The summed E-state index contributed by atoms with van der Waals surface area (Å²) in [6.07, 6.45) is 1.69. The Morgan fingerprint density at radius 3 is 2.39 bits per heavy atom. The van der Waals surface area contributed by atoms with Crippen LogP contribution in [0, 0.1) is 20.2 Å². The lowest BCUT2D eigenvalue weighted by atomic mass is 9.95. The van der Waals surface area contributed by atoms with Crippen molar-refractivity contribution < 1.29 is 14.6 Å². The molecule has 1 aromatic rings. The molecule has 0 aliphatic heterocycles. The van der Waals surface area contributed by atoms with Gasteiger partial charge < -0.3 is 0 Å². The topological polar surface area (TPSA) is 103 Å². The Kier molecular flexibility index (Phi) is 3.05. The zero-order valence-corrected chi connectivity index (χ0v) is 9.37. The maximum Gasteiger partial charge on any atom is 0.280 e. The van der Waals surface area contributed by atoms with E-state index in [2.05, 4.69) is 0 Å². The summed E-state index contributed by atoms with van der Waals surface area (Å²) >= 11 is 0. The first-order valence-corrected chi connectivity index (χ1v) is 5.46. The molecule has 1 aliphatic rings. The Morgan fingerprint density at radius 2 is 1.89 bits per heavy atom. The van der Waals surface area contributed by atoms with E-state index in [1.54, 1.807) is 0 Å². The van der Waals surface area contributed by atoms with E-state index < -0.39 is 15.8 Å². The van der Waals surface area contributed by atoms with Crippen molar-refractivity contribution in [3.8, 4) is 0 Å². The van der Waals surface area contributed by atoms with Crippen molar-refractivity contribution in [2.75, 3.05) is 0 Å². The second-order valence-electron chi connectivity index (χ2n) is 4.17. The van der Waals surface area contributed by atoms with Crippen molar-refractivity contribution in [1.82, 2.24) is 0 Å². The van der Waals surface area contributed by atoms with Crippen molar-refractivity contribution in [2.45, 2.75) is 25.2 Å². The second-order valence-corrected chi connectivity index (χ2v) is 4.17. The molecule has 0 spiro atoms. The molecule has 1 atom stereocenters. The van der Waals surface area contributed by atoms with Crippen LogP contribution < -0.4 is 0 Å². The van der Waals surface area contributed by atoms with Crippen LogP contribution in [-0.2, 0) is 4.79 Å². The Bertz CT molecular complexity index is 540. The molecule has 2 rings (SSSR count). The van der Waals surface area contributed by atoms with Gasteiger partial charge in [0.15, 0.2) is 0 Å². The molecule has 0 amide bonds. The van der Waals surface area contributed by atoms with E-state index in [4.69, 9.17) is 0 Å². The summed E-state index contributed by atoms with van der Waals surface area (Å²) in [6.45, 7) is 0. The number of hydrogen-bond donors (Lipinski definition) is 0. The number of non-ortho nitro benzene ring substituents is 1. The maximum absolute atomic E-state index is 11.6. The number of Topliss-reactive ketones (excluding diaryl/α,β-unsaturated/α-hetero) is 1. The van der Waals surface area contributed by atoms with Crippen LogP contribution in [0.4, 0.5) is 11.4 Å². The molecule has 7 heteroatoms. The van der Waals surface area contributed by atoms with Gasteiger partial charge in [-0.3, -0.25) is 25.0 Å². The predicted molar refractivity (Wildman–Crippen MR) is 61.3 cm³/mol. The largest absolute Gasteiger partial charge is 0.299 e. The summed E-state index contributed by atoms with van der Waals surface area (Å²) in [4.78, 5) is 31.8. The fourth-order valence-electron chi connectivity index (χ4n) is 2.24. The Balaban J connectivity index is 2.50. The Morgan fingerprint density at radius 1 is 1.17 bits per heavy atom. The van der Waals surface area contributed by atoms with Crippen LogP contribution in [0.2, 0.25) is 0 Å². The van der Waals surface area contributed by atoms with Gasteiger partial charge in [0.2, 0.25) is 0 Å². The number of carbonyl (C=O) groups is 1. The van der Waals surface area contributed by atoms with E-state index >= 15 is 0 Å². The van der Waals surface area contributed by atoms with Gasteiger partial charge >= 0.3 is 0 Å². The van der Waals surface area contributed by atoms with E-state index in [0.29, 0.717) is 19.3 Å². The van der Waals surface area contributed by atoms with Crippen LogP contribution in [0.15, 0.2) is 18.2 Å². The third-order valence-electron chi connectivity index (χ3n) is 3.10. The van der Waals surface area contributed by atoms with Gasteiger partial charge in [-0.2, -0.15) is 0 Å². The molecule has 0 saturated heterocycles. The summed E-state index contributed by atoms with van der Waals surface area (Å²) in [5, 5.41) is 21.5. The Hall–Kier alpha value is -2.31. The van der Waals surface area contributed by atoms with Crippen LogP contribution in [0.1, 0.15) is 30.7 Å². The molecule has 0 N–H and O–H groups in total. The average molecular weight is 250 g/mol. The third kappa shape index (κ3) is 2.06. The minimum atomic E-state index is -0.687. The van der Waals surface area contributed by atoms with Crippen LogP contribution in [-0.4, -0.2) is 15.6 Å². The normalized spacial score (nSPS) is 18.9. The van der Waals surface area contributed by atoms with Gasteiger partial charge in [-0.15, -0.1) is 0 Å². The highest BCUT2D eigenvalue weighted by Crippen LogP contribution is 2.37. The standard InChI is InChI=1S/C11H10N2O5/c14-11-3-1-2-9(11)8-5-4-7(12(15)16)6-10(8)13(17)18/h4-6,9H,1-3H2. The monoisotopic (exact) mass is 250 g/mol. The minimum Gasteiger partial charge on any atom is -0.299 e. The highest BCUT2D eigenvalue weighted by molar-refractivity contribution is 5.88. The molecular formula is C11H10N2O5. The number of nitrogens with zero attached hydrogens (tertiary/aromatic N) is 2. The minimum absolute atomic E-state index is 0.0352. The molecule has 7 nitrogen and oxygen atoms in total. The maximum atomic E-state index is 11.6. The van der Waals surface area contributed by atoms with Crippen molar-refractivity contribution in [2.24, 2.45) is 0 Å². The number of benzene rings is 1. The van der Waals surface area contributed by atoms with Gasteiger partial charge in [0.25, 0.3) is 11.4 Å². The van der Waals surface area contributed by atoms with E-state index in [1.807, 2.05) is 0 Å². The molecule has 0 radical (unpaired) electrons. The lowest BCUT2D eigenvalue weighted by Gasteiger charge is -2.08. The molecule has 1 unspecified atom stereocenters. The zero-order valence-electron chi connectivity index (χ0n) is 9.37. The zero-order chi connectivity index (χ0) is 13.3. The average Bonchev–Trinajstić information content (AvgIpc) is 2.74. The van der Waals surface area contributed by atoms with Crippen LogP contribution in [0.5, 0.6) is 0 Å². The lowest BCUT2D eigenvalue weighted by molar-refractivity contribution is -0.394. The lowest BCUT2D eigenvalue weighted by Crippen LogP contribution is -2.07. The first kappa shape index (κ1) is 12.2. The fourth-order valence-corrected chi connectivity index (χ4v) is 2.24. The fraction of sp³-hybridized carbons (Fsp3) is 0.364. The molecule has 0 heterocycles. The number of rotatable bonds is 3. The highest BCUT2D eigenvalue weighted by Gasteiger charge is 2.32. The Labute approximate surface area is 102 Å². The molecule has 1 saturated carbocycles. The van der Waals surface area contributed by atoms with Crippen molar-refractivity contribution in [3.63, 3.8) is 0 Å². The molecular weight excluding hydrogens is 240 g/mol. The molecule has 0 bridgehead atoms. The van der Waals surface area contributed by atoms with Gasteiger partial charge in [0.05, 0.1) is 15.9 Å². The first-order chi connectivity index (χ1) is 8.50. The summed E-state index contributed by atoms with van der Waals surface area (Å²) < 4.78 is 0. The predicted octanol–water partition coefficient (Wildman–Crippen LogP) is 2.34. The first-order valence-electron chi connectivity index (χ1n) is 5.46. The molecule has 18 heavy (non-hydrogen) atoms.